The summed E-state index contributed by atoms with van der Waals surface area (Å²) in [5.41, 5.74) is 0.890. The van der Waals surface area contributed by atoms with E-state index in [2.05, 4.69) is 0 Å². The summed E-state index contributed by atoms with van der Waals surface area (Å²) in [7, 11) is 4.65. The summed E-state index contributed by atoms with van der Waals surface area (Å²) < 4.78 is 16.0. The van der Waals surface area contributed by atoms with Crippen LogP contribution in [-0.2, 0) is 4.79 Å². The van der Waals surface area contributed by atoms with Crippen molar-refractivity contribution in [3.05, 3.63) is 29.8 Å². The average Bonchev–Trinajstić information content (AvgIpc) is 2.53. The molecular weight excluding hydrogens is 272 g/mol. The summed E-state index contributed by atoms with van der Waals surface area (Å²) in [6.07, 6.45) is 5.17. The van der Waals surface area contributed by atoms with Crippen LogP contribution in [-0.4, -0.2) is 32.4 Å². The Labute approximate surface area is 124 Å². The normalized spacial score (nSPS) is 20.9. The molecule has 0 saturated carbocycles. The number of rotatable bonds is 5. The molecule has 5 nitrogen and oxygen atoms in total. The number of carboxylic acid groups (broad SMARTS) is 1. The lowest BCUT2D eigenvalue weighted by Gasteiger charge is -2.26. The number of hydrogen-bond donors (Lipinski definition) is 1. The highest BCUT2D eigenvalue weighted by atomic mass is 16.5. The minimum absolute atomic E-state index is 0.0961. The van der Waals surface area contributed by atoms with E-state index >= 15 is 0 Å². The maximum Gasteiger partial charge on any atom is 0.307 e. The predicted octanol–water partition coefficient (Wildman–Crippen LogP) is 2.85. The molecule has 114 valence electrons. The first-order chi connectivity index (χ1) is 10.1. The monoisotopic (exact) mass is 292 g/mol. The minimum Gasteiger partial charge on any atom is -0.493 e. The van der Waals surface area contributed by atoms with Gasteiger partial charge in [0.05, 0.1) is 27.2 Å². The summed E-state index contributed by atoms with van der Waals surface area (Å²) in [5.74, 6) is 0.301. The number of hydrogen-bond acceptors (Lipinski definition) is 4. The molecule has 2 atom stereocenters. The van der Waals surface area contributed by atoms with Crippen molar-refractivity contribution >= 4 is 5.97 Å². The third kappa shape index (κ3) is 2.96. The number of benzene rings is 1. The van der Waals surface area contributed by atoms with Gasteiger partial charge in [-0.1, -0.05) is 12.2 Å². The number of aliphatic carboxylic acids is 1. The van der Waals surface area contributed by atoms with Gasteiger partial charge in [-0.15, -0.1) is 0 Å². The number of ether oxygens (including phenoxy) is 3. The second-order valence-electron chi connectivity index (χ2n) is 4.95. The van der Waals surface area contributed by atoms with Gasteiger partial charge in [0.25, 0.3) is 0 Å². The molecule has 0 bridgehead atoms. The molecule has 1 aliphatic rings. The number of carboxylic acids is 1. The number of allylic oxidation sites excluding steroid dienone is 2. The van der Waals surface area contributed by atoms with E-state index in [0.717, 1.165) is 5.56 Å². The molecule has 0 amide bonds. The Morgan fingerprint density at radius 1 is 1.05 bits per heavy atom. The smallest absolute Gasteiger partial charge is 0.307 e. The largest absolute Gasteiger partial charge is 0.493 e. The maximum atomic E-state index is 11.4. The topological polar surface area (TPSA) is 65.0 Å². The fraction of sp³-hybridized carbons (Fsp3) is 0.438. The Balaban J connectivity index is 2.47. The molecular formula is C16H20O5. The van der Waals surface area contributed by atoms with Gasteiger partial charge in [-0.3, -0.25) is 4.79 Å². The van der Waals surface area contributed by atoms with Crippen LogP contribution in [0.1, 0.15) is 24.3 Å². The van der Waals surface area contributed by atoms with E-state index in [-0.39, 0.29) is 5.92 Å². The first kappa shape index (κ1) is 15.2. The SMILES string of the molecule is COc1cc([C@@H]2CC=CC[C@H]2C(=O)O)cc(OC)c1OC. The van der Waals surface area contributed by atoms with Crippen LogP contribution in [0.3, 0.4) is 0 Å². The van der Waals surface area contributed by atoms with Crippen LogP contribution in [0, 0.1) is 5.92 Å². The zero-order valence-electron chi connectivity index (χ0n) is 12.5. The van der Waals surface area contributed by atoms with Crippen LogP contribution in [0.4, 0.5) is 0 Å². The van der Waals surface area contributed by atoms with Crippen molar-refractivity contribution < 1.29 is 24.1 Å². The van der Waals surface area contributed by atoms with Crippen molar-refractivity contribution in [1.82, 2.24) is 0 Å². The number of methoxy groups -OCH3 is 3. The summed E-state index contributed by atoms with van der Waals surface area (Å²) in [6, 6.07) is 3.67. The third-order valence-electron chi connectivity index (χ3n) is 3.86. The van der Waals surface area contributed by atoms with Gasteiger partial charge >= 0.3 is 5.97 Å². The predicted molar refractivity (Wildman–Crippen MR) is 78.3 cm³/mol. The molecule has 2 rings (SSSR count). The van der Waals surface area contributed by atoms with Crippen molar-refractivity contribution in [1.29, 1.82) is 0 Å². The Bertz CT molecular complexity index is 525. The van der Waals surface area contributed by atoms with Crippen LogP contribution in [0.5, 0.6) is 17.2 Å². The van der Waals surface area contributed by atoms with Crippen molar-refractivity contribution in [3.63, 3.8) is 0 Å². The van der Waals surface area contributed by atoms with E-state index in [1.807, 2.05) is 24.3 Å². The van der Waals surface area contributed by atoms with Crippen LogP contribution in [0.25, 0.3) is 0 Å². The molecule has 5 heteroatoms. The lowest BCUT2D eigenvalue weighted by molar-refractivity contribution is -0.142. The van der Waals surface area contributed by atoms with Crippen molar-refractivity contribution in [2.45, 2.75) is 18.8 Å². The van der Waals surface area contributed by atoms with Crippen molar-refractivity contribution in [2.24, 2.45) is 5.92 Å². The molecule has 0 fully saturated rings. The Morgan fingerprint density at radius 3 is 2.10 bits per heavy atom. The van der Waals surface area contributed by atoms with Gasteiger partial charge in [0.1, 0.15) is 0 Å². The van der Waals surface area contributed by atoms with E-state index in [1.165, 1.54) is 0 Å². The fourth-order valence-corrected chi connectivity index (χ4v) is 2.77. The van der Waals surface area contributed by atoms with Crippen LogP contribution >= 0.6 is 0 Å². The molecule has 1 aromatic rings. The van der Waals surface area contributed by atoms with Gasteiger partial charge in [0.2, 0.25) is 5.75 Å². The third-order valence-corrected chi connectivity index (χ3v) is 3.86. The van der Waals surface area contributed by atoms with Crippen LogP contribution in [0.15, 0.2) is 24.3 Å². The molecule has 1 N–H and O–H groups in total. The van der Waals surface area contributed by atoms with Gasteiger partial charge in [-0.2, -0.15) is 0 Å². The van der Waals surface area contributed by atoms with Gasteiger partial charge in [0, 0.05) is 5.92 Å². The highest BCUT2D eigenvalue weighted by Crippen LogP contribution is 2.43. The molecule has 21 heavy (non-hydrogen) atoms. The Morgan fingerprint density at radius 2 is 1.62 bits per heavy atom. The van der Waals surface area contributed by atoms with Gasteiger partial charge < -0.3 is 19.3 Å². The zero-order chi connectivity index (χ0) is 15.4. The van der Waals surface area contributed by atoms with E-state index in [0.29, 0.717) is 30.1 Å². The lowest BCUT2D eigenvalue weighted by atomic mass is 9.78. The molecule has 0 heterocycles. The summed E-state index contributed by atoms with van der Waals surface area (Å²) in [5, 5.41) is 9.40. The van der Waals surface area contributed by atoms with E-state index < -0.39 is 11.9 Å². The molecule has 0 unspecified atom stereocenters. The van der Waals surface area contributed by atoms with Crippen molar-refractivity contribution in [3.8, 4) is 17.2 Å². The van der Waals surface area contributed by atoms with E-state index in [9.17, 15) is 9.90 Å². The summed E-state index contributed by atoms with van der Waals surface area (Å²) >= 11 is 0. The Kier molecular flexibility index (Phi) is 4.73. The molecule has 1 aliphatic carbocycles. The van der Waals surface area contributed by atoms with E-state index in [1.54, 1.807) is 21.3 Å². The zero-order valence-corrected chi connectivity index (χ0v) is 12.5. The second kappa shape index (κ2) is 6.52. The highest BCUT2D eigenvalue weighted by Gasteiger charge is 2.31. The molecule has 0 spiro atoms. The molecule has 0 saturated heterocycles. The van der Waals surface area contributed by atoms with Gasteiger partial charge in [-0.25, -0.2) is 0 Å². The highest BCUT2D eigenvalue weighted by molar-refractivity contribution is 5.72. The van der Waals surface area contributed by atoms with Crippen molar-refractivity contribution in [2.75, 3.05) is 21.3 Å². The maximum absolute atomic E-state index is 11.4. The second-order valence-corrected chi connectivity index (χ2v) is 4.95. The van der Waals surface area contributed by atoms with Gasteiger partial charge in [-0.05, 0) is 30.5 Å². The van der Waals surface area contributed by atoms with Crippen LogP contribution < -0.4 is 14.2 Å². The average molecular weight is 292 g/mol. The number of carbonyl (C=O) groups is 1. The quantitative estimate of drug-likeness (QED) is 0.845. The molecule has 0 aromatic heterocycles. The summed E-state index contributed by atoms with van der Waals surface area (Å²) in [4.78, 5) is 11.4. The van der Waals surface area contributed by atoms with Crippen LogP contribution in [0.2, 0.25) is 0 Å². The molecule has 0 aliphatic heterocycles. The molecule has 0 radical (unpaired) electrons. The first-order valence-corrected chi connectivity index (χ1v) is 6.80. The minimum atomic E-state index is -0.780. The Hall–Kier alpha value is -2.17. The fourth-order valence-electron chi connectivity index (χ4n) is 2.77. The first-order valence-electron chi connectivity index (χ1n) is 6.80. The van der Waals surface area contributed by atoms with Gasteiger partial charge in [0.15, 0.2) is 11.5 Å². The standard InChI is InChI=1S/C16H20O5/c1-19-13-8-10(9-14(20-2)15(13)21-3)11-6-4-5-7-12(11)16(17)18/h4-5,8-9,11-12H,6-7H2,1-3H3,(H,17,18)/t11-,12+/m0/s1. The summed E-state index contributed by atoms with van der Waals surface area (Å²) in [6.45, 7) is 0. The lowest BCUT2D eigenvalue weighted by Crippen LogP contribution is -2.23. The van der Waals surface area contributed by atoms with E-state index in [4.69, 9.17) is 14.2 Å². The molecule has 1 aromatic carbocycles.